The number of fused-ring (bicyclic) bond motifs is 6. The molecule has 0 saturated heterocycles. The Kier molecular flexibility index (Phi) is 11.1. The van der Waals surface area contributed by atoms with Crippen LogP contribution in [0.5, 0.6) is 23.0 Å². The standard InChI is InChI=1S/C31H33N5O9S/c32-36-34-8-10-41-12-14-43-16-15-42-13-11-40-9-7-33-30(46)35-20-1-4-24-23(17-20)29(39)45-31(24)25-5-2-21(37)18-27(25)44-28-19-22(38)3-6-26(28)31/h1-6,17-19,37-38H,7-16H2,(H2,33,35,46). The normalized spacial score (nSPS) is 13.5. The van der Waals surface area contributed by atoms with Gasteiger partial charge in [0.25, 0.3) is 0 Å². The Hall–Kier alpha value is -4.63. The van der Waals surface area contributed by atoms with Gasteiger partial charge in [-0.3, -0.25) is 0 Å². The van der Waals surface area contributed by atoms with Crippen molar-refractivity contribution in [2.24, 2.45) is 5.11 Å². The molecular formula is C31H33N5O9S. The molecular weight excluding hydrogens is 618 g/mol. The summed E-state index contributed by atoms with van der Waals surface area (Å²) < 4.78 is 33.7. The average Bonchev–Trinajstić information content (AvgIpc) is 3.32. The second kappa shape index (κ2) is 15.6. The lowest BCUT2D eigenvalue weighted by molar-refractivity contribution is -0.000374. The second-order valence-corrected chi connectivity index (χ2v) is 10.5. The van der Waals surface area contributed by atoms with E-state index in [9.17, 15) is 15.0 Å². The molecule has 15 heteroatoms. The highest BCUT2D eigenvalue weighted by Crippen LogP contribution is 2.57. The Labute approximate surface area is 269 Å². The molecule has 3 aromatic rings. The van der Waals surface area contributed by atoms with Gasteiger partial charge in [0.05, 0.1) is 58.4 Å². The average molecular weight is 652 g/mol. The molecule has 46 heavy (non-hydrogen) atoms. The predicted molar refractivity (Wildman–Crippen MR) is 170 cm³/mol. The fourth-order valence-electron chi connectivity index (χ4n) is 5.11. The molecule has 5 rings (SSSR count). The van der Waals surface area contributed by atoms with Gasteiger partial charge >= 0.3 is 5.97 Å². The molecule has 0 atom stereocenters. The maximum absolute atomic E-state index is 13.3. The van der Waals surface area contributed by atoms with Crippen molar-refractivity contribution >= 4 is 29.0 Å². The highest BCUT2D eigenvalue weighted by atomic mass is 32.1. The molecule has 0 aliphatic carbocycles. The van der Waals surface area contributed by atoms with Crippen molar-refractivity contribution in [3.63, 3.8) is 0 Å². The van der Waals surface area contributed by atoms with Gasteiger partial charge in [0.2, 0.25) is 0 Å². The Bertz CT molecular complexity index is 1560. The van der Waals surface area contributed by atoms with E-state index < -0.39 is 11.6 Å². The molecule has 2 heterocycles. The van der Waals surface area contributed by atoms with E-state index in [0.29, 0.717) is 110 Å². The predicted octanol–water partition coefficient (Wildman–Crippen LogP) is 4.33. The van der Waals surface area contributed by atoms with Crippen LogP contribution in [-0.2, 0) is 29.3 Å². The SMILES string of the molecule is [N-]=[N+]=NCCOCCOCCOCCOCCNC(=S)Nc1ccc2c(c1)C(=O)OC21c2ccc(O)cc2Oc2cc(O)ccc21. The lowest BCUT2D eigenvalue weighted by atomic mass is 9.77. The van der Waals surface area contributed by atoms with Crippen molar-refractivity contribution in [3.05, 3.63) is 87.3 Å². The fourth-order valence-corrected chi connectivity index (χ4v) is 5.33. The number of nitrogens with zero attached hydrogens (tertiary/aromatic N) is 3. The zero-order valence-electron chi connectivity index (χ0n) is 24.8. The molecule has 3 aromatic carbocycles. The van der Waals surface area contributed by atoms with Gasteiger partial charge in [-0.15, -0.1) is 0 Å². The van der Waals surface area contributed by atoms with Gasteiger partial charge in [-0.1, -0.05) is 11.2 Å². The number of hydrogen-bond donors (Lipinski definition) is 4. The van der Waals surface area contributed by atoms with Gasteiger partial charge in [-0.05, 0) is 54.1 Å². The number of esters is 1. The van der Waals surface area contributed by atoms with Crippen LogP contribution < -0.4 is 15.4 Å². The van der Waals surface area contributed by atoms with Crippen molar-refractivity contribution in [3.8, 4) is 23.0 Å². The molecule has 2 aliphatic heterocycles. The number of carbonyl (C=O) groups excluding carboxylic acids is 1. The summed E-state index contributed by atoms with van der Waals surface area (Å²) >= 11 is 5.42. The minimum Gasteiger partial charge on any atom is -0.508 e. The quantitative estimate of drug-likeness (QED) is 0.0430. The first kappa shape index (κ1) is 32.8. The summed E-state index contributed by atoms with van der Waals surface area (Å²) in [7, 11) is 0. The molecule has 2 aliphatic rings. The number of aromatic hydroxyl groups is 2. The van der Waals surface area contributed by atoms with Gasteiger partial charge in [-0.2, -0.15) is 0 Å². The van der Waals surface area contributed by atoms with Crippen molar-refractivity contribution in [2.75, 3.05) is 71.3 Å². The van der Waals surface area contributed by atoms with Gasteiger partial charge in [0.1, 0.15) is 23.0 Å². The first-order chi connectivity index (χ1) is 22.4. The molecule has 0 radical (unpaired) electrons. The van der Waals surface area contributed by atoms with Crippen molar-refractivity contribution < 1.29 is 43.4 Å². The van der Waals surface area contributed by atoms with Crippen LogP contribution in [0.3, 0.4) is 0 Å². The summed E-state index contributed by atoms with van der Waals surface area (Å²) in [6, 6.07) is 14.5. The molecule has 14 nitrogen and oxygen atoms in total. The number of thiocarbonyl (C=S) groups is 1. The summed E-state index contributed by atoms with van der Waals surface area (Å²) in [5, 5.41) is 30.1. The Morgan fingerprint density at radius 3 is 2.00 bits per heavy atom. The van der Waals surface area contributed by atoms with E-state index in [0.717, 1.165) is 0 Å². The first-order valence-corrected chi connectivity index (χ1v) is 14.9. The van der Waals surface area contributed by atoms with Crippen molar-refractivity contribution in [2.45, 2.75) is 5.60 Å². The molecule has 0 unspecified atom stereocenters. The van der Waals surface area contributed by atoms with E-state index in [1.165, 1.54) is 24.3 Å². The van der Waals surface area contributed by atoms with Crippen molar-refractivity contribution in [1.82, 2.24) is 5.32 Å². The number of anilines is 1. The molecule has 4 N–H and O–H groups in total. The molecule has 0 bridgehead atoms. The zero-order valence-corrected chi connectivity index (χ0v) is 25.6. The third kappa shape index (κ3) is 7.59. The number of azide groups is 1. The maximum Gasteiger partial charge on any atom is 0.340 e. The number of hydrogen-bond acceptors (Lipinski definition) is 11. The number of phenolic OH excluding ortho intramolecular Hbond substituents is 2. The van der Waals surface area contributed by atoms with E-state index in [4.69, 9.17) is 46.2 Å². The number of benzene rings is 3. The molecule has 0 amide bonds. The highest BCUT2D eigenvalue weighted by Gasteiger charge is 2.53. The van der Waals surface area contributed by atoms with Crippen LogP contribution in [0, 0.1) is 0 Å². The van der Waals surface area contributed by atoms with E-state index in [2.05, 4.69) is 20.7 Å². The summed E-state index contributed by atoms with van der Waals surface area (Å²) in [4.78, 5) is 15.9. The smallest absolute Gasteiger partial charge is 0.340 e. The molecule has 0 saturated carbocycles. The molecule has 242 valence electrons. The molecule has 0 aromatic heterocycles. The van der Waals surface area contributed by atoms with Gasteiger partial charge in [0.15, 0.2) is 10.7 Å². The Balaban J connectivity index is 1.07. The summed E-state index contributed by atoms with van der Waals surface area (Å²) in [6.07, 6.45) is 0. The van der Waals surface area contributed by atoms with Crippen LogP contribution in [0.25, 0.3) is 10.4 Å². The number of carbonyl (C=O) groups is 1. The topological polar surface area (TPSA) is 186 Å². The largest absolute Gasteiger partial charge is 0.508 e. The van der Waals surface area contributed by atoms with E-state index in [-0.39, 0.29) is 11.5 Å². The van der Waals surface area contributed by atoms with Gasteiger partial charge in [-0.25, -0.2) is 4.79 Å². The second-order valence-electron chi connectivity index (χ2n) is 10.1. The van der Waals surface area contributed by atoms with Crippen molar-refractivity contribution in [1.29, 1.82) is 0 Å². The zero-order chi connectivity index (χ0) is 32.4. The van der Waals surface area contributed by atoms with E-state index in [1.807, 2.05) is 0 Å². The molecule has 0 fully saturated rings. The lowest BCUT2D eigenvalue weighted by Gasteiger charge is -2.36. The summed E-state index contributed by atoms with van der Waals surface area (Å²) in [5.41, 5.74) is 9.48. The minimum atomic E-state index is -1.33. The van der Waals surface area contributed by atoms with Gasteiger partial charge in [0, 0.05) is 52.5 Å². The van der Waals surface area contributed by atoms with Crippen LogP contribution in [0.15, 0.2) is 59.7 Å². The number of nitrogens with one attached hydrogen (secondary N) is 2. The summed E-state index contributed by atoms with van der Waals surface area (Å²) in [6.45, 7) is 4.09. The summed E-state index contributed by atoms with van der Waals surface area (Å²) in [5.74, 6) is 0.0675. The monoisotopic (exact) mass is 651 g/mol. The Morgan fingerprint density at radius 2 is 1.39 bits per heavy atom. The first-order valence-electron chi connectivity index (χ1n) is 14.5. The van der Waals surface area contributed by atoms with Crippen LogP contribution in [0.1, 0.15) is 27.0 Å². The number of rotatable bonds is 16. The van der Waals surface area contributed by atoms with Crippen LogP contribution >= 0.6 is 12.2 Å². The minimum absolute atomic E-state index is 0.0115. The van der Waals surface area contributed by atoms with Crippen LogP contribution in [0.4, 0.5) is 5.69 Å². The van der Waals surface area contributed by atoms with Crippen LogP contribution in [-0.4, -0.2) is 87.2 Å². The van der Waals surface area contributed by atoms with Crippen LogP contribution in [0.2, 0.25) is 0 Å². The maximum atomic E-state index is 13.3. The fraction of sp³-hybridized carbons (Fsp3) is 0.355. The highest BCUT2D eigenvalue weighted by molar-refractivity contribution is 7.80. The lowest BCUT2D eigenvalue weighted by Crippen LogP contribution is -2.33. The van der Waals surface area contributed by atoms with E-state index in [1.54, 1.807) is 30.3 Å². The Morgan fingerprint density at radius 1 is 0.826 bits per heavy atom. The van der Waals surface area contributed by atoms with Gasteiger partial charge < -0.3 is 49.3 Å². The van der Waals surface area contributed by atoms with E-state index >= 15 is 0 Å². The third-order valence-electron chi connectivity index (χ3n) is 7.08. The third-order valence-corrected chi connectivity index (χ3v) is 7.32. The molecule has 1 spiro atoms. The number of phenols is 2. The number of ether oxygens (including phenoxy) is 6.